The van der Waals surface area contributed by atoms with Gasteiger partial charge in [0.05, 0.1) is 5.69 Å². The molecule has 1 aliphatic heterocycles. The van der Waals surface area contributed by atoms with E-state index in [0.717, 1.165) is 16.3 Å². The molecule has 1 aromatic rings. The fourth-order valence-corrected chi connectivity index (χ4v) is 3.07. The highest BCUT2D eigenvalue weighted by Gasteiger charge is 2.28. The fraction of sp³-hybridized carbons (Fsp3) is 0.429. The van der Waals surface area contributed by atoms with Crippen molar-refractivity contribution < 1.29 is 22.8 Å². The van der Waals surface area contributed by atoms with Crippen molar-refractivity contribution in [1.29, 1.82) is 0 Å². The minimum absolute atomic E-state index is 0.108. The molecule has 2 amide bonds. The lowest BCUT2D eigenvalue weighted by Gasteiger charge is -2.29. The van der Waals surface area contributed by atoms with E-state index >= 15 is 0 Å². The second-order valence-electron chi connectivity index (χ2n) is 4.75. The van der Waals surface area contributed by atoms with Gasteiger partial charge in [0.25, 0.3) is 0 Å². The molecule has 0 fully saturated rings. The molecule has 0 saturated heterocycles. The molecule has 22 heavy (non-hydrogen) atoms. The van der Waals surface area contributed by atoms with Crippen LogP contribution in [0.2, 0.25) is 0 Å². The van der Waals surface area contributed by atoms with Gasteiger partial charge in [0, 0.05) is 30.0 Å². The van der Waals surface area contributed by atoms with Crippen molar-refractivity contribution in [3.63, 3.8) is 0 Å². The van der Waals surface area contributed by atoms with E-state index in [1.54, 1.807) is 22.0 Å². The molecular formula is C14H15F3N2O2S. The van der Waals surface area contributed by atoms with Crippen molar-refractivity contribution in [1.82, 2.24) is 5.32 Å². The van der Waals surface area contributed by atoms with Gasteiger partial charge in [-0.3, -0.25) is 9.59 Å². The Bertz CT molecular complexity index is 563. The number of alkyl halides is 3. The SMILES string of the molecule is O=C(CCC(=O)N1CCSc2ccccc21)NCC(F)(F)F. The van der Waals surface area contributed by atoms with Gasteiger partial charge in [-0.2, -0.15) is 13.2 Å². The smallest absolute Gasteiger partial charge is 0.347 e. The van der Waals surface area contributed by atoms with E-state index in [1.165, 1.54) is 0 Å². The zero-order valence-corrected chi connectivity index (χ0v) is 12.5. The first-order valence-electron chi connectivity index (χ1n) is 6.72. The van der Waals surface area contributed by atoms with E-state index in [1.807, 2.05) is 24.3 Å². The minimum atomic E-state index is -4.44. The van der Waals surface area contributed by atoms with E-state index in [-0.39, 0.29) is 18.7 Å². The number of halogens is 3. The lowest BCUT2D eigenvalue weighted by atomic mass is 10.2. The lowest BCUT2D eigenvalue weighted by molar-refractivity contribution is -0.138. The Labute approximate surface area is 130 Å². The number of amides is 2. The first-order chi connectivity index (χ1) is 10.4. The van der Waals surface area contributed by atoms with E-state index < -0.39 is 18.6 Å². The average molecular weight is 332 g/mol. The molecule has 120 valence electrons. The van der Waals surface area contributed by atoms with Gasteiger partial charge < -0.3 is 10.2 Å². The molecule has 0 spiro atoms. The fourth-order valence-electron chi connectivity index (χ4n) is 2.07. The predicted octanol–water partition coefficient (Wildman–Crippen LogP) is 2.58. The van der Waals surface area contributed by atoms with Gasteiger partial charge in [0.2, 0.25) is 11.8 Å². The lowest BCUT2D eigenvalue weighted by Crippen LogP contribution is -2.37. The third-order valence-electron chi connectivity index (χ3n) is 3.08. The number of thioether (sulfide) groups is 1. The molecule has 1 aliphatic rings. The summed E-state index contributed by atoms with van der Waals surface area (Å²) in [7, 11) is 0. The normalized spacial score (nSPS) is 14.4. The number of rotatable bonds is 4. The van der Waals surface area contributed by atoms with Crippen molar-refractivity contribution in [3.05, 3.63) is 24.3 Å². The summed E-state index contributed by atoms with van der Waals surface area (Å²) in [5, 5.41) is 1.76. The second-order valence-corrected chi connectivity index (χ2v) is 5.89. The first-order valence-corrected chi connectivity index (χ1v) is 7.71. The number of benzene rings is 1. The second kappa shape index (κ2) is 7.04. The van der Waals surface area contributed by atoms with Crippen molar-refractivity contribution in [3.8, 4) is 0 Å². The van der Waals surface area contributed by atoms with Gasteiger partial charge >= 0.3 is 6.18 Å². The van der Waals surface area contributed by atoms with Crippen molar-refractivity contribution in [2.45, 2.75) is 23.9 Å². The standard InChI is InChI=1S/C14H15F3N2O2S/c15-14(16,17)9-18-12(20)5-6-13(21)19-7-8-22-11-4-2-1-3-10(11)19/h1-4H,5-9H2,(H,18,20). The molecular weight excluding hydrogens is 317 g/mol. The van der Waals surface area contributed by atoms with Gasteiger partial charge in [0.1, 0.15) is 6.54 Å². The van der Waals surface area contributed by atoms with E-state index in [2.05, 4.69) is 0 Å². The van der Waals surface area contributed by atoms with E-state index in [4.69, 9.17) is 0 Å². The maximum absolute atomic E-state index is 12.2. The monoisotopic (exact) mass is 332 g/mol. The van der Waals surface area contributed by atoms with Crippen LogP contribution < -0.4 is 10.2 Å². The molecule has 1 N–H and O–H groups in total. The Morgan fingerprint density at radius 3 is 2.68 bits per heavy atom. The number of nitrogens with zero attached hydrogens (tertiary/aromatic N) is 1. The van der Waals surface area contributed by atoms with Crippen LogP contribution in [0.25, 0.3) is 0 Å². The summed E-state index contributed by atoms with van der Waals surface area (Å²) in [4.78, 5) is 26.1. The summed E-state index contributed by atoms with van der Waals surface area (Å²) in [6.07, 6.45) is -4.80. The Balaban J connectivity index is 1.87. The number of fused-ring (bicyclic) bond motifs is 1. The highest BCUT2D eigenvalue weighted by Crippen LogP contribution is 2.34. The van der Waals surface area contributed by atoms with E-state index in [9.17, 15) is 22.8 Å². The summed E-state index contributed by atoms with van der Waals surface area (Å²) in [6.45, 7) is -0.839. The number of carbonyl (C=O) groups is 2. The van der Waals surface area contributed by atoms with Gasteiger partial charge in [-0.1, -0.05) is 12.1 Å². The summed E-state index contributed by atoms with van der Waals surface area (Å²) in [5.74, 6) is -0.275. The largest absolute Gasteiger partial charge is 0.405 e. The minimum Gasteiger partial charge on any atom is -0.347 e. The van der Waals surface area contributed by atoms with Crippen LogP contribution >= 0.6 is 11.8 Å². The van der Waals surface area contributed by atoms with Crippen LogP contribution in [0.5, 0.6) is 0 Å². The van der Waals surface area contributed by atoms with E-state index in [0.29, 0.717) is 6.54 Å². The predicted molar refractivity (Wildman–Crippen MR) is 77.8 cm³/mol. The molecule has 0 bridgehead atoms. The summed E-state index contributed by atoms with van der Waals surface area (Å²) in [5.41, 5.74) is 0.791. The van der Waals surface area contributed by atoms with Crippen molar-refractivity contribution >= 4 is 29.3 Å². The molecule has 0 atom stereocenters. The van der Waals surface area contributed by atoms with Crippen molar-refractivity contribution in [2.24, 2.45) is 0 Å². The van der Waals surface area contributed by atoms with Gasteiger partial charge in [0.15, 0.2) is 0 Å². The number of hydrogen-bond acceptors (Lipinski definition) is 3. The average Bonchev–Trinajstić information content (AvgIpc) is 2.49. The Morgan fingerprint density at radius 1 is 1.23 bits per heavy atom. The molecule has 0 aromatic heterocycles. The Kier molecular flexibility index (Phi) is 5.33. The molecule has 2 rings (SSSR count). The molecule has 0 radical (unpaired) electrons. The quantitative estimate of drug-likeness (QED) is 0.922. The number of nitrogens with one attached hydrogen (secondary N) is 1. The van der Waals surface area contributed by atoms with Gasteiger partial charge in [-0.15, -0.1) is 11.8 Å². The molecule has 4 nitrogen and oxygen atoms in total. The number of anilines is 1. The zero-order chi connectivity index (χ0) is 16.2. The van der Waals surface area contributed by atoms with Crippen LogP contribution in [-0.4, -0.2) is 36.8 Å². The number of hydrogen-bond donors (Lipinski definition) is 1. The molecule has 1 heterocycles. The van der Waals surface area contributed by atoms with Crippen LogP contribution in [0.3, 0.4) is 0 Å². The highest BCUT2D eigenvalue weighted by molar-refractivity contribution is 7.99. The van der Waals surface area contributed by atoms with Crippen LogP contribution in [-0.2, 0) is 9.59 Å². The topological polar surface area (TPSA) is 49.4 Å². The van der Waals surface area contributed by atoms with Crippen LogP contribution in [0.4, 0.5) is 18.9 Å². The summed E-state index contributed by atoms with van der Waals surface area (Å²) in [6, 6.07) is 7.43. The van der Waals surface area contributed by atoms with Gasteiger partial charge in [-0.25, -0.2) is 0 Å². The molecule has 0 aliphatic carbocycles. The highest BCUT2D eigenvalue weighted by atomic mass is 32.2. The summed E-state index contributed by atoms with van der Waals surface area (Å²) < 4.78 is 35.9. The Hall–Kier alpha value is -1.70. The summed E-state index contributed by atoms with van der Waals surface area (Å²) >= 11 is 1.65. The number of carbonyl (C=O) groups excluding carboxylic acids is 2. The van der Waals surface area contributed by atoms with Gasteiger partial charge in [-0.05, 0) is 12.1 Å². The van der Waals surface area contributed by atoms with Crippen LogP contribution in [0.1, 0.15) is 12.8 Å². The zero-order valence-electron chi connectivity index (χ0n) is 11.7. The maximum atomic E-state index is 12.2. The molecule has 1 aromatic carbocycles. The Morgan fingerprint density at radius 2 is 1.95 bits per heavy atom. The third-order valence-corrected chi connectivity index (χ3v) is 4.12. The number of para-hydroxylation sites is 1. The van der Waals surface area contributed by atoms with Crippen LogP contribution in [0, 0.1) is 0 Å². The maximum Gasteiger partial charge on any atom is 0.405 e. The molecule has 0 saturated carbocycles. The van der Waals surface area contributed by atoms with Crippen LogP contribution in [0.15, 0.2) is 29.2 Å². The molecule has 8 heteroatoms. The molecule has 0 unspecified atom stereocenters. The first kappa shape index (κ1) is 16.7. The van der Waals surface area contributed by atoms with Crippen molar-refractivity contribution in [2.75, 3.05) is 23.7 Å². The third kappa shape index (κ3) is 4.66.